The van der Waals surface area contributed by atoms with E-state index < -0.39 is 0 Å². The van der Waals surface area contributed by atoms with Crippen LogP contribution in [0, 0.1) is 0 Å². The number of nitrogens with two attached hydrogens (primary N) is 2. The molecule has 2 heterocycles. The highest BCUT2D eigenvalue weighted by atomic mass is 32.1. The van der Waals surface area contributed by atoms with Crippen LogP contribution in [-0.2, 0) is 0 Å². The number of aromatic amines is 1. The number of nitrogens with zero attached hydrogens (tertiary/aromatic N) is 5. The fourth-order valence-corrected chi connectivity index (χ4v) is 1.93. The van der Waals surface area contributed by atoms with E-state index in [-0.39, 0.29) is 11.6 Å². The quantitative estimate of drug-likeness (QED) is 0.606. The van der Waals surface area contributed by atoms with Crippen molar-refractivity contribution in [2.75, 3.05) is 11.5 Å². The molecule has 0 fully saturated rings. The van der Waals surface area contributed by atoms with Gasteiger partial charge in [-0.2, -0.15) is 19.0 Å². The number of fused-ring (bicyclic) bond motifs is 1. The maximum Gasteiger partial charge on any atom is 0.175 e. The first-order valence-corrected chi connectivity index (χ1v) is 5.70. The fourth-order valence-electron chi connectivity index (χ4n) is 1.41. The van der Waals surface area contributed by atoms with Crippen LogP contribution in [0.2, 0.25) is 0 Å². The SMILES string of the molecule is Nc1n[nH]c(N)c1N=Nc1ccc2nsnc2c1. The Labute approximate surface area is 105 Å². The van der Waals surface area contributed by atoms with Gasteiger partial charge in [-0.1, -0.05) is 0 Å². The number of nitrogens with one attached hydrogen (secondary N) is 1. The molecule has 0 bridgehead atoms. The Morgan fingerprint density at radius 3 is 2.72 bits per heavy atom. The zero-order chi connectivity index (χ0) is 12.5. The molecule has 18 heavy (non-hydrogen) atoms. The molecule has 0 amide bonds. The summed E-state index contributed by atoms with van der Waals surface area (Å²) >= 11 is 1.16. The molecule has 0 saturated carbocycles. The van der Waals surface area contributed by atoms with Crippen LogP contribution in [0.25, 0.3) is 11.0 Å². The number of anilines is 2. The Kier molecular flexibility index (Phi) is 2.38. The van der Waals surface area contributed by atoms with Crippen LogP contribution in [0.15, 0.2) is 28.4 Å². The van der Waals surface area contributed by atoms with Crippen molar-refractivity contribution in [3.8, 4) is 0 Å². The van der Waals surface area contributed by atoms with Gasteiger partial charge in [0.25, 0.3) is 0 Å². The van der Waals surface area contributed by atoms with Crippen LogP contribution < -0.4 is 11.5 Å². The van der Waals surface area contributed by atoms with E-state index in [1.54, 1.807) is 12.1 Å². The van der Waals surface area contributed by atoms with E-state index in [1.807, 2.05) is 6.07 Å². The molecule has 8 nitrogen and oxygen atoms in total. The topological polar surface area (TPSA) is 131 Å². The molecule has 2 aromatic heterocycles. The number of aromatic nitrogens is 4. The van der Waals surface area contributed by atoms with Crippen LogP contribution in [0.3, 0.4) is 0 Å². The van der Waals surface area contributed by atoms with Crippen molar-refractivity contribution < 1.29 is 0 Å². The van der Waals surface area contributed by atoms with Gasteiger partial charge in [0, 0.05) is 0 Å². The first kappa shape index (κ1) is 10.6. The molecule has 90 valence electrons. The third-order valence-electron chi connectivity index (χ3n) is 2.30. The summed E-state index contributed by atoms with van der Waals surface area (Å²) in [5.74, 6) is 0.500. The highest BCUT2D eigenvalue weighted by Crippen LogP contribution is 2.28. The fraction of sp³-hybridized carbons (Fsp3) is 0. The van der Waals surface area contributed by atoms with Crippen molar-refractivity contribution in [3.05, 3.63) is 18.2 Å². The van der Waals surface area contributed by atoms with Gasteiger partial charge in [0.1, 0.15) is 16.9 Å². The van der Waals surface area contributed by atoms with E-state index in [1.165, 1.54) is 0 Å². The summed E-state index contributed by atoms with van der Waals surface area (Å²) in [5.41, 5.74) is 13.8. The van der Waals surface area contributed by atoms with Gasteiger partial charge < -0.3 is 11.5 Å². The molecule has 5 N–H and O–H groups in total. The van der Waals surface area contributed by atoms with E-state index in [0.29, 0.717) is 11.4 Å². The Morgan fingerprint density at radius 1 is 1.11 bits per heavy atom. The molecular formula is C9H8N8S. The lowest BCUT2D eigenvalue weighted by molar-refractivity contribution is 1.11. The van der Waals surface area contributed by atoms with Gasteiger partial charge in [0.15, 0.2) is 11.5 Å². The Bertz CT molecular complexity index is 708. The lowest BCUT2D eigenvalue weighted by Gasteiger charge is -1.92. The number of nitrogen functional groups attached to an aromatic ring is 2. The van der Waals surface area contributed by atoms with Crippen LogP contribution in [0.4, 0.5) is 23.0 Å². The van der Waals surface area contributed by atoms with Gasteiger partial charge in [-0.3, -0.25) is 5.10 Å². The maximum atomic E-state index is 5.61. The number of hydrogen-bond acceptors (Lipinski definition) is 8. The zero-order valence-corrected chi connectivity index (χ0v) is 9.85. The van der Waals surface area contributed by atoms with Crippen molar-refractivity contribution in [2.45, 2.75) is 0 Å². The molecule has 0 aliphatic carbocycles. The van der Waals surface area contributed by atoms with Crippen LogP contribution in [0.1, 0.15) is 0 Å². The lowest BCUT2D eigenvalue weighted by atomic mass is 10.3. The predicted octanol–water partition coefficient (Wildman–Crippen LogP) is 1.99. The summed E-state index contributed by atoms with van der Waals surface area (Å²) in [5, 5.41) is 14.3. The summed E-state index contributed by atoms with van der Waals surface area (Å²) in [7, 11) is 0. The van der Waals surface area contributed by atoms with E-state index in [4.69, 9.17) is 11.5 Å². The van der Waals surface area contributed by atoms with Crippen LogP contribution >= 0.6 is 11.7 Å². The largest absolute Gasteiger partial charge is 0.382 e. The molecule has 0 atom stereocenters. The summed E-state index contributed by atoms with van der Waals surface area (Å²) in [4.78, 5) is 0. The van der Waals surface area contributed by atoms with Gasteiger partial charge in [-0.05, 0) is 18.2 Å². The van der Waals surface area contributed by atoms with Crippen molar-refractivity contribution in [1.82, 2.24) is 18.9 Å². The molecule has 0 radical (unpaired) electrons. The molecule has 0 spiro atoms. The number of azo groups is 1. The first-order valence-electron chi connectivity index (χ1n) is 4.97. The highest BCUT2D eigenvalue weighted by Gasteiger charge is 2.06. The molecule has 0 aliphatic rings. The number of benzene rings is 1. The Hall–Kier alpha value is -2.55. The third kappa shape index (κ3) is 1.76. The molecule has 3 aromatic rings. The Morgan fingerprint density at radius 2 is 1.94 bits per heavy atom. The van der Waals surface area contributed by atoms with Crippen molar-refractivity contribution >= 4 is 45.8 Å². The number of rotatable bonds is 2. The van der Waals surface area contributed by atoms with E-state index in [9.17, 15) is 0 Å². The minimum Gasteiger partial charge on any atom is -0.382 e. The minimum absolute atomic E-state index is 0.215. The Balaban J connectivity index is 1.96. The van der Waals surface area contributed by atoms with E-state index in [2.05, 4.69) is 29.2 Å². The minimum atomic E-state index is 0.215. The van der Waals surface area contributed by atoms with Gasteiger partial charge in [-0.15, -0.1) is 5.11 Å². The summed E-state index contributed by atoms with van der Waals surface area (Å²) in [6, 6.07) is 5.41. The molecule has 1 aromatic carbocycles. The molecule has 0 unspecified atom stereocenters. The molecule has 3 rings (SSSR count). The van der Waals surface area contributed by atoms with Crippen molar-refractivity contribution in [1.29, 1.82) is 0 Å². The number of hydrogen-bond donors (Lipinski definition) is 3. The molecule has 0 aliphatic heterocycles. The zero-order valence-electron chi connectivity index (χ0n) is 9.03. The second kappa shape index (κ2) is 4.04. The van der Waals surface area contributed by atoms with Crippen molar-refractivity contribution in [3.63, 3.8) is 0 Å². The highest BCUT2D eigenvalue weighted by molar-refractivity contribution is 7.00. The van der Waals surface area contributed by atoms with Gasteiger partial charge in [-0.25, -0.2) is 0 Å². The normalized spacial score (nSPS) is 11.6. The summed E-state index contributed by atoms with van der Waals surface area (Å²) in [6.07, 6.45) is 0. The van der Waals surface area contributed by atoms with Gasteiger partial charge >= 0.3 is 0 Å². The molecule has 0 saturated heterocycles. The second-order valence-corrected chi connectivity index (χ2v) is 4.04. The number of H-pyrrole nitrogens is 1. The summed E-state index contributed by atoms with van der Waals surface area (Å²) in [6.45, 7) is 0. The van der Waals surface area contributed by atoms with Crippen LogP contribution in [0.5, 0.6) is 0 Å². The second-order valence-electron chi connectivity index (χ2n) is 3.51. The van der Waals surface area contributed by atoms with Gasteiger partial charge in [0.05, 0.1) is 17.4 Å². The predicted molar refractivity (Wildman–Crippen MR) is 69.0 cm³/mol. The van der Waals surface area contributed by atoms with Crippen molar-refractivity contribution in [2.24, 2.45) is 10.2 Å². The lowest BCUT2D eigenvalue weighted by Crippen LogP contribution is -1.84. The third-order valence-corrected chi connectivity index (χ3v) is 2.85. The smallest absolute Gasteiger partial charge is 0.175 e. The monoisotopic (exact) mass is 260 g/mol. The van der Waals surface area contributed by atoms with Gasteiger partial charge in [0.2, 0.25) is 0 Å². The summed E-state index contributed by atoms with van der Waals surface area (Å²) < 4.78 is 8.22. The first-order chi connectivity index (χ1) is 8.74. The standard InChI is InChI=1S/C9H8N8S/c10-8-7(9(11)15-14-8)13-12-4-1-2-5-6(3-4)17-18-16-5/h1-3H,(H5,10,11,14,15). The maximum absolute atomic E-state index is 5.61. The molecular weight excluding hydrogens is 252 g/mol. The average molecular weight is 260 g/mol. The molecule has 9 heteroatoms. The van der Waals surface area contributed by atoms with Crippen LogP contribution in [-0.4, -0.2) is 18.9 Å². The van der Waals surface area contributed by atoms with E-state index >= 15 is 0 Å². The average Bonchev–Trinajstić information content (AvgIpc) is 2.94. The van der Waals surface area contributed by atoms with E-state index in [0.717, 1.165) is 22.8 Å².